The molecule has 0 amide bonds. The summed E-state index contributed by atoms with van der Waals surface area (Å²) in [7, 11) is 0. The molecule has 0 aromatic heterocycles. The molecule has 0 nitrogen and oxygen atoms in total. The Balaban J connectivity index is 1.49. The van der Waals surface area contributed by atoms with Crippen LogP contribution in [0.4, 0.5) is 39.5 Å². The van der Waals surface area contributed by atoms with Gasteiger partial charge in [-0.15, -0.1) is 0 Å². The fourth-order valence-corrected chi connectivity index (χ4v) is 10.0. The summed E-state index contributed by atoms with van der Waals surface area (Å²) in [6, 6.07) is 32.8. The highest BCUT2D eigenvalue weighted by molar-refractivity contribution is 6.33. The quantitative estimate of drug-likeness (QED) is 0.120. The van der Waals surface area contributed by atoms with Crippen LogP contribution in [0.25, 0.3) is 76.8 Å². The van der Waals surface area contributed by atoms with E-state index in [1.54, 1.807) is 0 Å². The van der Waals surface area contributed by atoms with Crippen molar-refractivity contribution in [1.29, 1.82) is 0 Å². The molecule has 0 fully saturated rings. The zero-order chi connectivity index (χ0) is 42.0. The summed E-state index contributed by atoms with van der Waals surface area (Å²) in [5.41, 5.74) is 4.38. The van der Waals surface area contributed by atoms with Gasteiger partial charge in [0.05, 0.1) is 16.7 Å². The van der Waals surface area contributed by atoms with E-state index in [4.69, 9.17) is 0 Å². The fourth-order valence-electron chi connectivity index (χ4n) is 10.0. The third kappa shape index (κ3) is 5.82. The van der Waals surface area contributed by atoms with Gasteiger partial charge in [0.2, 0.25) is 0 Å². The maximum Gasteiger partial charge on any atom is 0.416 e. The van der Waals surface area contributed by atoms with Crippen LogP contribution in [-0.2, 0) is 23.9 Å². The molecule has 0 spiro atoms. The molecule has 0 saturated carbocycles. The van der Waals surface area contributed by atoms with Crippen molar-refractivity contribution in [3.8, 4) is 44.5 Å². The summed E-state index contributed by atoms with van der Waals surface area (Å²) in [6.07, 6.45) is -13.7. The van der Waals surface area contributed by atoms with E-state index in [-0.39, 0.29) is 11.8 Å². The smallest absolute Gasteiger partial charge is 0.166 e. The maximum atomic E-state index is 13.9. The van der Waals surface area contributed by atoms with Crippen LogP contribution in [0.2, 0.25) is 0 Å². The third-order valence-electron chi connectivity index (χ3n) is 12.5. The molecule has 298 valence electrons. The molecule has 9 heteroatoms. The summed E-state index contributed by atoms with van der Waals surface area (Å²) in [5.74, 6) is 0.101. The van der Waals surface area contributed by atoms with E-state index in [9.17, 15) is 39.5 Å². The van der Waals surface area contributed by atoms with Crippen molar-refractivity contribution >= 4 is 32.3 Å². The Hall–Kier alpha value is -5.83. The van der Waals surface area contributed by atoms with Gasteiger partial charge < -0.3 is 0 Å². The number of hydrogen-bond acceptors (Lipinski definition) is 0. The molecule has 0 atom stereocenters. The Bertz CT molecular complexity index is 2900. The lowest BCUT2D eigenvalue weighted by molar-refractivity contribution is -0.138. The minimum atomic E-state index is -4.58. The van der Waals surface area contributed by atoms with Crippen molar-refractivity contribution in [1.82, 2.24) is 0 Å². The second-order valence-corrected chi connectivity index (χ2v) is 16.2. The first-order chi connectivity index (χ1) is 27.8. The zero-order valence-corrected chi connectivity index (χ0v) is 32.2. The van der Waals surface area contributed by atoms with Gasteiger partial charge in [-0.2, -0.15) is 39.5 Å². The van der Waals surface area contributed by atoms with Crippen molar-refractivity contribution in [3.63, 3.8) is 0 Å². The largest absolute Gasteiger partial charge is 0.416 e. The molecule has 0 saturated heterocycles. The Morgan fingerprint density at radius 1 is 0.356 bits per heavy atom. The van der Waals surface area contributed by atoms with Gasteiger partial charge in [-0.1, -0.05) is 100 Å². The monoisotopic (exact) mass is 806 g/mol. The Morgan fingerprint density at radius 3 is 1.17 bits per heavy atom. The molecule has 59 heavy (non-hydrogen) atoms. The molecular formula is C50H35F9. The molecular weight excluding hydrogens is 772 g/mol. The number of hydrogen-bond donors (Lipinski definition) is 0. The predicted octanol–water partition coefficient (Wildman–Crippen LogP) is 16.2. The second kappa shape index (κ2) is 13.1. The van der Waals surface area contributed by atoms with E-state index < -0.39 is 40.6 Å². The highest BCUT2D eigenvalue weighted by Gasteiger charge is 2.47. The third-order valence-corrected chi connectivity index (χ3v) is 12.5. The van der Waals surface area contributed by atoms with Gasteiger partial charge in [0.1, 0.15) is 0 Å². The van der Waals surface area contributed by atoms with Crippen LogP contribution in [-0.4, -0.2) is 0 Å². The molecule has 0 unspecified atom stereocenters. The van der Waals surface area contributed by atoms with Gasteiger partial charge in [0.15, 0.2) is 0 Å². The number of halogens is 9. The van der Waals surface area contributed by atoms with Gasteiger partial charge in [-0.25, -0.2) is 0 Å². The Morgan fingerprint density at radius 2 is 0.746 bits per heavy atom. The number of rotatable bonds is 5. The molecule has 9 rings (SSSR count). The van der Waals surface area contributed by atoms with E-state index in [0.29, 0.717) is 38.8 Å². The number of benzene rings is 8. The van der Waals surface area contributed by atoms with Crippen LogP contribution in [0, 0.1) is 11.8 Å². The van der Waals surface area contributed by atoms with Crippen molar-refractivity contribution in [2.45, 2.75) is 51.6 Å². The van der Waals surface area contributed by atoms with Crippen LogP contribution in [0.5, 0.6) is 0 Å². The summed E-state index contributed by atoms with van der Waals surface area (Å²) < 4.78 is 124. The topological polar surface area (TPSA) is 0 Å². The number of alkyl halides is 9. The molecule has 1 aliphatic carbocycles. The Kier molecular flexibility index (Phi) is 8.58. The van der Waals surface area contributed by atoms with Crippen molar-refractivity contribution in [2.75, 3.05) is 0 Å². The molecule has 0 radical (unpaired) electrons. The zero-order valence-electron chi connectivity index (χ0n) is 32.2. The summed E-state index contributed by atoms with van der Waals surface area (Å²) in [6.45, 7) is 8.71. The minimum absolute atomic E-state index is 0.0504. The van der Waals surface area contributed by atoms with Crippen molar-refractivity contribution in [2.24, 2.45) is 11.8 Å². The normalized spacial score (nSPS) is 14.3. The summed E-state index contributed by atoms with van der Waals surface area (Å²) in [4.78, 5) is 0. The molecule has 0 heterocycles. The lowest BCUT2D eigenvalue weighted by Gasteiger charge is -2.47. The molecule has 0 N–H and O–H groups in total. The first kappa shape index (κ1) is 38.7. The molecule has 8 aromatic rings. The highest BCUT2D eigenvalue weighted by Crippen LogP contribution is 2.60. The SMILES string of the molecule is CC(C)C1(C(C)C)c2ccccc2-c2cc(-c3ccc(C(F)(F)F)cc3)c3ccc4c(-c5ccc(C(F)(F)F)cc5)cc(-c5ccc(C(F)(F)F)cc5)c5cc1c2c3c45. The lowest BCUT2D eigenvalue weighted by Crippen LogP contribution is -2.41. The van der Waals surface area contributed by atoms with Crippen molar-refractivity contribution < 1.29 is 39.5 Å². The second-order valence-electron chi connectivity index (χ2n) is 16.2. The first-order valence-electron chi connectivity index (χ1n) is 19.3. The van der Waals surface area contributed by atoms with Crippen LogP contribution in [0.15, 0.2) is 127 Å². The van der Waals surface area contributed by atoms with Crippen LogP contribution in [0.3, 0.4) is 0 Å². The first-order valence-corrected chi connectivity index (χ1v) is 19.3. The lowest BCUT2D eigenvalue weighted by atomic mass is 9.55. The van der Waals surface area contributed by atoms with Gasteiger partial charge in [0, 0.05) is 5.41 Å². The maximum absolute atomic E-state index is 13.9. The Labute approximate surface area is 334 Å². The van der Waals surface area contributed by atoms with E-state index in [2.05, 4.69) is 45.9 Å². The molecule has 0 aliphatic heterocycles. The van der Waals surface area contributed by atoms with E-state index >= 15 is 0 Å². The van der Waals surface area contributed by atoms with Crippen molar-refractivity contribution in [3.05, 3.63) is 155 Å². The molecule has 0 bridgehead atoms. The van der Waals surface area contributed by atoms with Gasteiger partial charge in [0.25, 0.3) is 0 Å². The molecule has 8 aromatic carbocycles. The van der Waals surface area contributed by atoms with Gasteiger partial charge in [-0.05, 0) is 154 Å². The standard InChI is InChI=1S/C50H35F9/c1-26(2)47(27(3)4)42-8-6-5-7-34(42)40-24-38(29-11-17-32(18-12-29)49(54,55)56)36-22-21-35-37(28-9-15-31(16-10-28)48(51,52)53)23-39(30-13-19-33(20-14-30)50(57,58)59)41-25-43(47)45(40)46(36)44(35)41/h5-27H,1-4H3. The van der Waals surface area contributed by atoms with E-state index in [1.807, 2.05) is 36.4 Å². The average Bonchev–Trinajstić information content (AvgIpc) is 3.19. The fraction of sp³-hybridized carbons (Fsp3) is 0.200. The highest BCUT2D eigenvalue weighted by atomic mass is 19.4. The summed E-state index contributed by atoms with van der Waals surface area (Å²) >= 11 is 0. The predicted molar refractivity (Wildman–Crippen MR) is 217 cm³/mol. The minimum Gasteiger partial charge on any atom is -0.166 e. The van der Waals surface area contributed by atoms with Crippen LogP contribution >= 0.6 is 0 Å². The summed E-state index contributed by atoms with van der Waals surface area (Å²) in [5, 5.41) is 4.74. The van der Waals surface area contributed by atoms with E-state index in [1.165, 1.54) is 36.4 Å². The molecule has 1 aliphatic rings. The number of fused-ring (bicyclic) bond motifs is 2. The van der Waals surface area contributed by atoms with Crippen LogP contribution in [0.1, 0.15) is 55.5 Å². The van der Waals surface area contributed by atoms with Crippen LogP contribution < -0.4 is 0 Å². The average molecular weight is 807 g/mol. The van der Waals surface area contributed by atoms with Gasteiger partial charge >= 0.3 is 18.5 Å². The van der Waals surface area contributed by atoms with Gasteiger partial charge in [-0.3, -0.25) is 0 Å². The van der Waals surface area contributed by atoms with E-state index in [0.717, 1.165) is 85.6 Å².